The number of amides is 1. The molecule has 0 atom stereocenters. The highest BCUT2D eigenvalue weighted by atomic mass is 16.5. The molecule has 0 aliphatic carbocycles. The molecule has 1 amide bonds. The Kier molecular flexibility index (Phi) is 3.02. The minimum Gasteiger partial charge on any atom is -0.445 e. The smallest absolute Gasteiger partial charge is 0.414 e. The number of carbonyl (C=O) groups excluding carboxylic acids is 1. The van der Waals surface area contributed by atoms with E-state index < -0.39 is 6.09 Å². The van der Waals surface area contributed by atoms with E-state index in [2.05, 4.69) is 31.8 Å². The Morgan fingerprint density at radius 3 is 3.15 bits per heavy atom. The van der Waals surface area contributed by atoms with E-state index in [1.165, 1.54) is 6.08 Å². The molecule has 0 saturated heterocycles. The fraction of sp³-hybridized carbons (Fsp3) is 0.286. The van der Waals surface area contributed by atoms with Gasteiger partial charge in [-0.15, -0.1) is 5.10 Å². The van der Waals surface area contributed by atoms with E-state index in [0.29, 0.717) is 5.82 Å². The zero-order chi connectivity index (χ0) is 9.68. The first-order chi connectivity index (χ1) is 6.22. The van der Waals surface area contributed by atoms with Gasteiger partial charge in [-0.3, -0.25) is 10.4 Å². The van der Waals surface area contributed by atoms with Crippen molar-refractivity contribution in [2.75, 3.05) is 11.9 Å². The van der Waals surface area contributed by atoms with E-state index in [1.807, 2.05) is 0 Å². The lowest BCUT2D eigenvalue weighted by Crippen LogP contribution is -2.14. The highest BCUT2D eigenvalue weighted by Crippen LogP contribution is 1.97. The van der Waals surface area contributed by atoms with Crippen LogP contribution in [0.3, 0.4) is 0 Å². The van der Waals surface area contributed by atoms with Gasteiger partial charge in [0.2, 0.25) is 0 Å². The van der Waals surface area contributed by atoms with Crippen LogP contribution in [0.2, 0.25) is 0 Å². The first-order valence-electron chi connectivity index (χ1n) is 3.66. The van der Waals surface area contributed by atoms with Crippen molar-refractivity contribution < 1.29 is 9.53 Å². The quantitative estimate of drug-likeness (QED) is 0.679. The number of nitrogens with zero attached hydrogens (tertiary/aromatic N) is 2. The summed E-state index contributed by atoms with van der Waals surface area (Å²) in [4.78, 5) is 14.8. The maximum atomic E-state index is 10.9. The van der Waals surface area contributed by atoms with Crippen LogP contribution in [0.4, 0.5) is 10.7 Å². The van der Waals surface area contributed by atoms with Crippen molar-refractivity contribution in [2.24, 2.45) is 0 Å². The summed E-state index contributed by atoms with van der Waals surface area (Å²) in [6.07, 6.45) is 0.877. The first-order valence-corrected chi connectivity index (χ1v) is 3.66. The van der Waals surface area contributed by atoms with E-state index in [-0.39, 0.29) is 12.6 Å². The third kappa shape index (κ3) is 2.94. The van der Waals surface area contributed by atoms with Gasteiger partial charge in [-0.1, -0.05) is 12.7 Å². The number of ether oxygens (including phenoxy) is 1. The molecule has 0 saturated carbocycles. The van der Waals surface area contributed by atoms with Crippen LogP contribution in [0.5, 0.6) is 0 Å². The largest absolute Gasteiger partial charge is 0.445 e. The number of anilines is 1. The SMILES string of the molecule is C=CCOC(=O)Nc1n[nH]c(C)n1. The van der Waals surface area contributed by atoms with Crippen molar-refractivity contribution in [1.29, 1.82) is 0 Å². The number of H-pyrrole nitrogens is 1. The Hall–Kier alpha value is -1.85. The number of nitrogens with one attached hydrogen (secondary N) is 2. The van der Waals surface area contributed by atoms with Gasteiger partial charge in [0.15, 0.2) is 0 Å². The summed E-state index contributed by atoms with van der Waals surface area (Å²) >= 11 is 0. The zero-order valence-electron chi connectivity index (χ0n) is 7.20. The zero-order valence-corrected chi connectivity index (χ0v) is 7.20. The second-order valence-electron chi connectivity index (χ2n) is 2.26. The second-order valence-corrected chi connectivity index (χ2v) is 2.26. The molecule has 0 aromatic carbocycles. The highest BCUT2D eigenvalue weighted by molar-refractivity contribution is 5.82. The second kappa shape index (κ2) is 4.24. The summed E-state index contributed by atoms with van der Waals surface area (Å²) in [5.41, 5.74) is 0. The molecule has 0 radical (unpaired) electrons. The highest BCUT2D eigenvalue weighted by Gasteiger charge is 2.05. The fourth-order valence-electron chi connectivity index (χ4n) is 0.661. The van der Waals surface area contributed by atoms with Crippen LogP contribution in [0.25, 0.3) is 0 Å². The van der Waals surface area contributed by atoms with E-state index in [9.17, 15) is 4.79 Å². The van der Waals surface area contributed by atoms with Crippen LogP contribution >= 0.6 is 0 Å². The van der Waals surface area contributed by atoms with Gasteiger partial charge in [0, 0.05) is 0 Å². The molecule has 0 aliphatic heterocycles. The van der Waals surface area contributed by atoms with Crippen molar-refractivity contribution >= 4 is 12.0 Å². The Morgan fingerprint density at radius 2 is 2.62 bits per heavy atom. The summed E-state index contributed by atoms with van der Waals surface area (Å²) in [5.74, 6) is 0.825. The van der Waals surface area contributed by atoms with Crippen LogP contribution in [-0.2, 0) is 4.74 Å². The lowest BCUT2D eigenvalue weighted by molar-refractivity contribution is 0.174. The van der Waals surface area contributed by atoms with Crippen LogP contribution < -0.4 is 5.32 Å². The van der Waals surface area contributed by atoms with Gasteiger partial charge in [-0.05, 0) is 6.92 Å². The van der Waals surface area contributed by atoms with E-state index in [0.717, 1.165) is 0 Å². The van der Waals surface area contributed by atoms with Crippen molar-refractivity contribution in [2.45, 2.75) is 6.92 Å². The molecule has 70 valence electrons. The summed E-state index contributed by atoms with van der Waals surface area (Å²) in [6, 6.07) is 0. The summed E-state index contributed by atoms with van der Waals surface area (Å²) in [5, 5.41) is 8.60. The van der Waals surface area contributed by atoms with Crippen LogP contribution in [0.15, 0.2) is 12.7 Å². The average Bonchev–Trinajstić information content (AvgIpc) is 2.48. The van der Waals surface area contributed by atoms with Gasteiger partial charge < -0.3 is 4.74 Å². The minimum atomic E-state index is -0.598. The molecule has 1 aromatic rings. The number of aromatic amines is 1. The van der Waals surface area contributed by atoms with Crippen LogP contribution in [0, 0.1) is 6.92 Å². The predicted octanol–water partition coefficient (Wildman–Crippen LogP) is 0.848. The molecule has 6 nitrogen and oxygen atoms in total. The number of hydrogen-bond donors (Lipinski definition) is 2. The Morgan fingerprint density at radius 1 is 1.85 bits per heavy atom. The molecular formula is C7H10N4O2. The number of hydrogen-bond acceptors (Lipinski definition) is 4. The molecule has 2 N–H and O–H groups in total. The standard InChI is InChI=1S/C7H10N4O2/c1-3-4-13-7(12)9-6-8-5(2)10-11-6/h3H,1,4H2,2H3,(H2,8,9,10,11,12). The topological polar surface area (TPSA) is 79.9 Å². The summed E-state index contributed by atoms with van der Waals surface area (Å²) in [6.45, 7) is 5.29. The van der Waals surface area contributed by atoms with E-state index in [1.54, 1.807) is 6.92 Å². The molecular weight excluding hydrogens is 172 g/mol. The van der Waals surface area contributed by atoms with Crippen molar-refractivity contribution in [3.8, 4) is 0 Å². The van der Waals surface area contributed by atoms with Gasteiger partial charge in [-0.2, -0.15) is 4.98 Å². The molecule has 6 heteroatoms. The Balaban J connectivity index is 2.40. The third-order valence-corrected chi connectivity index (χ3v) is 1.14. The molecule has 0 aliphatic rings. The maximum absolute atomic E-state index is 10.9. The Bertz CT molecular complexity index is 307. The average molecular weight is 182 g/mol. The van der Waals surface area contributed by atoms with Gasteiger partial charge in [0.25, 0.3) is 5.95 Å². The predicted molar refractivity (Wildman–Crippen MR) is 46.3 cm³/mol. The maximum Gasteiger partial charge on any atom is 0.414 e. The number of aryl methyl sites for hydroxylation is 1. The lowest BCUT2D eigenvalue weighted by Gasteiger charge is -1.99. The molecule has 1 heterocycles. The summed E-state index contributed by atoms with van der Waals surface area (Å²) < 4.78 is 4.64. The minimum absolute atomic E-state index is 0.162. The molecule has 0 fully saturated rings. The normalized spacial score (nSPS) is 9.31. The molecule has 1 rings (SSSR count). The fourth-order valence-corrected chi connectivity index (χ4v) is 0.661. The van der Waals surface area contributed by atoms with E-state index >= 15 is 0 Å². The van der Waals surface area contributed by atoms with Crippen LogP contribution in [-0.4, -0.2) is 27.9 Å². The number of aromatic nitrogens is 3. The van der Waals surface area contributed by atoms with E-state index in [4.69, 9.17) is 0 Å². The van der Waals surface area contributed by atoms with Crippen molar-refractivity contribution in [3.63, 3.8) is 0 Å². The number of carbonyl (C=O) groups is 1. The van der Waals surface area contributed by atoms with Gasteiger partial charge in [0.1, 0.15) is 12.4 Å². The first kappa shape index (κ1) is 9.24. The van der Waals surface area contributed by atoms with Gasteiger partial charge >= 0.3 is 6.09 Å². The molecule has 0 bridgehead atoms. The number of rotatable bonds is 3. The molecule has 0 spiro atoms. The van der Waals surface area contributed by atoms with Gasteiger partial charge in [-0.25, -0.2) is 4.79 Å². The molecule has 13 heavy (non-hydrogen) atoms. The lowest BCUT2D eigenvalue weighted by atomic mass is 10.7. The van der Waals surface area contributed by atoms with Crippen molar-refractivity contribution in [1.82, 2.24) is 15.2 Å². The van der Waals surface area contributed by atoms with Gasteiger partial charge in [0.05, 0.1) is 0 Å². The molecule has 1 aromatic heterocycles. The van der Waals surface area contributed by atoms with Crippen molar-refractivity contribution in [3.05, 3.63) is 18.5 Å². The molecule has 0 unspecified atom stereocenters. The van der Waals surface area contributed by atoms with Crippen LogP contribution in [0.1, 0.15) is 5.82 Å². The third-order valence-electron chi connectivity index (χ3n) is 1.14. The summed E-state index contributed by atoms with van der Waals surface area (Å²) in [7, 11) is 0. The monoisotopic (exact) mass is 182 g/mol. The Labute approximate surface area is 75.0 Å².